The van der Waals surface area contributed by atoms with Crippen molar-refractivity contribution in [1.29, 1.82) is 5.26 Å². The number of nitrogens with zero attached hydrogens (tertiary/aromatic N) is 1. The number of esters is 1. The van der Waals surface area contributed by atoms with E-state index in [1.165, 1.54) is 89.0 Å². The minimum atomic E-state index is -0.203. The number of rotatable bonds is 14. The molecule has 200 valence electrons. The van der Waals surface area contributed by atoms with E-state index in [0.29, 0.717) is 11.5 Å². The lowest BCUT2D eigenvalue weighted by molar-refractivity contribution is 0.0105. The Labute approximate surface area is 221 Å². The zero-order valence-corrected chi connectivity index (χ0v) is 23.2. The molecule has 36 heavy (non-hydrogen) atoms. The molecule has 0 saturated heterocycles. The first-order chi connectivity index (χ1) is 17.6. The van der Waals surface area contributed by atoms with Crippen LogP contribution < -0.4 is 0 Å². The number of carbonyl (C=O) groups is 1. The summed E-state index contributed by atoms with van der Waals surface area (Å²) in [6, 6.07) is 10.9. The van der Waals surface area contributed by atoms with Gasteiger partial charge in [-0.05, 0) is 87.3 Å². The minimum absolute atomic E-state index is 0.0497. The van der Waals surface area contributed by atoms with Gasteiger partial charge in [0, 0.05) is 0 Å². The molecule has 0 bridgehead atoms. The maximum Gasteiger partial charge on any atom is 0.338 e. The van der Waals surface area contributed by atoms with Crippen molar-refractivity contribution in [1.82, 2.24) is 0 Å². The highest BCUT2D eigenvalue weighted by Gasteiger charge is 2.36. The van der Waals surface area contributed by atoms with Crippen LogP contribution in [0.2, 0.25) is 0 Å². The molecule has 0 unspecified atom stereocenters. The topological polar surface area (TPSA) is 50.1 Å². The van der Waals surface area contributed by atoms with E-state index in [0.717, 1.165) is 44.4 Å². The van der Waals surface area contributed by atoms with Gasteiger partial charge < -0.3 is 4.74 Å². The monoisotopic (exact) mass is 493 g/mol. The van der Waals surface area contributed by atoms with Gasteiger partial charge in [0.15, 0.2) is 0 Å². The number of ether oxygens (including phenoxy) is 1. The molecular formula is C33H51NO2. The lowest BCUT2D eigenvalue weighted by atomic mass is 9.71. The number of benzene rings is 1. The molecule has 3 rings (SSSR count). The summed E-state index contributed by atoms with van der Waals surface area (Å²) in [4.78, 5) is 12.8. The Kier molecular flexibility index (Phi) is 12.3. The van der Waals surface area contributed by atoms with Crippen LogP contribution in [0.5, 0.6) is 0 Å². The predicted molar refractivity (Wildman–Crippen MR) is 149 cm³/mol. The third-order valence-electron chi connectivity index (χ3n) is 9.09. The van der Waals surface area contributed by atoms with Gasteiger partial charge in [0.1, 0.15) is 6.10 Å². The molecule has 3 heteroatoms. The molecule has 0 amide bonds. The fourth-order valence-electron chi connectivity index (χ4n) is 6.50. The molecule has 2 aliphatic rings. The van der Waals surface area contributed by atoms with Crippen molar-refractivity contribution >= 4 is 5.97 Å². The summed E-state index contributed by atoms with van der Waals surface area (Å²) in [5, 5.41) is 9.84. The van der Waals surface area contributed by atoms with Crippen molar-refractivity contribution in [3.63, 3.8) is 0 Å². The first-order valence-electron chi connectivity index (χ1n) is 15.3. The number of hydrogen-bond acceptors (Lipinski definition) is 3. The van der Waals surface area contributed by atoms with Crippen molar-refractivity contribution in [2.24, 2.45) is 11.3 Å². The van der Waals surface area contributed by atoms with Crippen molar-refractivity contribution in [3.8, 4) is 6.07 Å². The van der Waals surface area contributed by atoms with Crippen LogP contribution in [0.4, 0.5) is 0 Å². The number of nitriles is 1. The molecule has 1 aromatic carbocycles. The average molecular weight is 494 g/mol. The molecule has 1 aromatic rings. The van der Waals surface area contributed by atoms with E-state index in [9.17, 15) is 10.1 Å². The Morgan fingerprint density at radius 2 is 1.47 bits per heavy atom. The standard InChI is InChI=1S/C33H51NO2/c1-3-5-7-9-11-23-33(26-34)24-21-31(22-25-33)36-32(35)30-19-17-29(18-20-30)28-15-13-27(14-16-28)12-10-8-6-4-2/h17-20,27-28,31H,3-16,21-25H2,1-2H3/t27-,28-,31?,33?. The first-order valence-corrected chi connectivity index (χ1v) is 15.3. The van der Waals surface area contributed by atoms with Crippen LogP contribution in [0.25, 0.3) is 0 Å². The second-order valence-electron chi connectivity index (χ2n) is 11.9. The molecule has 0 N–H and O–H groups in total. The maximum absolute atomic E-state index is 12.8. The SMILES string of the molecule is CCCCCCCC1(C#N)CCC(OC(=O)c2ccc([C@H]3CC[C@H](CCCCCC)CC3)cc2)CC1. The number of carbonyl (C=O) groups excluding carboxylic acids is 1. The molecule has 0 aliphatic heterocycles. The molecule has 0 heterocycles. The lowest BCUT2D eigenvalue weighted by Crippen LogP contribution is -2.31. The molecule has 2 saturated carbocycles. The third kappa shape index (κ3) is 8.93. The molecule has 2 aliphatic carbocycles. The molecular weight excluding hydrogens is 442 g/mol. The van der Waals surface area contributed by atoms with Gasteiger partial charge >= 0.3 is 5.97 Å². The van der Waals surface area contributed by atoms with Crippen LogP contribution in [-0.2, 0) is 4.74 Å². The number of unbranched alkanes of at least 4 members (excludes halogenated alkanes) is 7. The lowest BCUT2D eigenvalue weighted by Gasteiger charge is -2.34. The van der Waals surface area contributed by atoms with Gasteiger partial charge in [-0.25, -0.2) is 4.79 Å². The van der Waals surface area contributed by atoms with Crippen LogP contribution in [0.1, 0.15) is 158 Å². The predicted octanol–water partition coefficient (Wildman–Crippen LogP) is 9.90. The van der Waals surface area contributed by atoms with Crippen molar-refractivity contribution in [2.45, 2.75) is 148 Å². The summed E-state index contributed by atoms with van der Waals surface area (Å²) < 4.78 is 5.88. The van der Waals surface area contributed by atoms with Gasteiger partial charge in [0.05, 0.1) is 17.0 Å². The first kappa shape index (κ1) is 28.7. The molecule has 0 radical (unpaired) electrons. The van der Waals surface area contributed by atoms with Crippen molar-refractivity contribution in [3.05, 3.63) is 35.4 Å². The quantitative estimate of drug-likeness (QED) is 0.191. The van der Waals surface area contributed by atoms with Gasteiger partial charge in [-0.2, -0.15) is 5.26 Å². The van der Waals surface area contributed by atoms with Crippen LogP contribution in [-0.4, -0.2) is 12.1 Å². The maximum atomic E-state index is 12.8. The largest absolute Gasteiger partial charge is 0.459 e. The van der Waals surface area contributed by atoms with E-state index >= 15 is 0 Å². The summed E-state index contributed by atoms with van der Waals surface area (Å²) in [6.07, 6.45) is 22.6. The summed E-state index contributed by atoms with van der Waals surface area (Å²) in [5.74, 6) is 1.36. The second kappa shape index (κ2) is 15.4. The van der Waals surface area contributed by atoms with Crippen molar-refractivity contribution in [2.75, 3.05) is 0 Å². The Bertz CT molecular complexity index is 792. The smallest absolute Gasteiger partial charge is 0.338 e. The van der Waals surface area contributed by atoms with E-state index in [2.05, 4.69) is 32.0 Å². The normalized spacial score (nSPS) is 26.3. The van der Waals surface area contributed by atoms with Gasteiger partial charge in [-0.1, -0.05) is 90.2 Å². The van der Waals surface area contributed by atoms with Gasteiger partial charge in [0.25, 0.3) is 0 Å². The highest BCUT2D eigenvalue weighted by Crippen LogP contribution is 2.41. The van der Waals surface area contributed by atoms with Crippen molar-refractivity contribution < 1.29 is 9.53 Å². The van der Waals surface area contributed by atoms with Gasteiger partial charge in [0.2, 0.25) is 0 Å². The summed E-state index contributed by atoms with van der Waals surface area (Å²) in [7, 11) is 0. The number of hydrogen-bond donors (Lipinski definition) is 0. The van der Waals surface area contributed by atoms with Crippen LogP contribution in [0.15, 0.2) is 24.3 Å². The zero-order chi connectivity index (χ0) is 25.6. The molecule has 3 nitrogen and oxygen atoms in total. The zero-order valence-electron chi connectivity index (χ0n) is 23.2. The minimum Gasteiger partial charge on any atom is -0.459 e. The van der Waals surface area contributed by atoms with Crippen LogP contribution in [0, 0.1) is 22.7 Å². The fraction of sp³-hybridized carbons (Fsp3) is 0.758. The highest BCUT2D eigenvalue weighted by atomic mass is 16.5. The Morgan fingerprint density at radius 1 is 0.861 bits per heavy atom. The summed E-state index contributed by atoms with van der Waals surface area (Å²) in [6.45, 7) is 4.51. The third-order valence-corrected chi connectivity index (χ3v) is 9.09. The summed E-state index contributed by atoms with van der Waals surface area (Å²) in [5.41, 5.74) is 1.84. The van der Waals surface area contributed by atoms with E-state index in [-0.39, 0.29) is 17.5 Å². The second-order valence-corrected chi connectivity index (χ2v) is 11.9. The average Bonchev–Trinajstić information content (AvgIpc) is 2.92. The van der Waals surface area contributed by atoms with Crippen LogP contribution in [0.3, 0.4) is 0 Å². The van der Waals surface area contributed by atoms with Gasteiger partial charge in [-0.3, -0.25) is 0 Å². The molecule has 0 aromatic heterocycles. The molecule has 2 fully saturated rings. The van der Waals surface area contributed by atoms with Gasteiger partial charge in [-0.15, -0.1) is 0 Å². The Hall–Kier alpha value is -1.82. The van der Waals surface area contributed by atoms with E-state index in [1.54, 1.807) is 0 Å². The Balaban J connectivity index is 1.39. The van der Waals surface area contributed by atoms with E-state index < -0.39 is 0 Å². The van der Waals surface area contributed by atoms with Crippen LogP contribution >= 0.6 is 0 Å². The Morgan fingerprint density at radius 3 is 2.08 bits per heavy atom. The molecule has 0 spiro atoms. The summed E-state index contributed by atoms with van der Waals surface area (Å²) >= 11 is 0. The molecule has 0 atom stereocenters. The van der Waals surface area contributed by atoms with E-state index in [1.807, 2.05) is 12.1 Å². The van der Waals surface area contributed by atoms with E-state index in [4.69, 9.17) is 4.74 Å². The fourth-order valence-corrected chi connectivity index (χ4v) is 6.50. The highest BCUT2D eigenvalue weighted by molar-refractivity contribution is 5.89.